The lowest BCUT2D eigenvalue weighted by molar-refractivity contribution is -0.143. The van der Waals surface area contributed by atoms with Gasteiger partial charge in [0.25, 0.3) is 0 Å². The Morgan fingerprint density at radius 3 is 1.84 bits per heavy atom. The van der Waals surface area contributed by atoms with E-state index in [1.165, 1.54) is 6.92 Å². The van der Waals surface area contributed by atoms with Gasteiger partial charge in [-0.2, -0.15) is 0 Å². The van der Waals surface area contributed by atoms with Crippen molar-refractivity contribution < 1.29 is 34.5 Å². The largest absolute Gasteiger partial charge is 0.481 e. The van der Waals surface area contributed by atoms with E-state index in [-0.39, 0.29) is 6.54 Å². The van der Waals surface area contributed by atoms with Crippen LogP contribution in [0.2, 0.25) is 0 Å². The van der Waals surface area contributed by atoms with E-state index in [0.29, 0.717) is 6.08 Å². The smallest absolute Gasteiger partial charge is 0.328 e. The van der Waals surface area contributed by atoms with Crippen molar-refractivity contribution in [2.45, 2.75) is 19.8 Å². The van der Waals surface area contributed by atoms with Crippen molar-refractivity contribution in [1.82, 2.24) is 5.32 Å². The van der Waals surface area contributed by atoms with Gasteiger partial charge in [-0.05, 0) is 0 Å². The van der Waals surface area contributed by atoms with Crippen LogP contribution in [0.4, 0.5) is 0 Å². The first-order chi connectivity index (χ1) is 8.64. The third kappa shape index (κ3) is 8.36. The van der Waals surface area contributed by atoms with Crippen molar-refractivity contribution in [2.75, 3.05) is 6.54 Å². The second-order valence-corrected chi connectivity index (χ2v) is 4.34. The Bertz CT molecular complexity index is 397. The van der Waals surface area contributed by atoms with E-state index >= 15 is 0 Å². The van der Waals surface area contributed by atoms with E-state index < -0.39 is 42.1 Å². The summed E-state index contributed by atoms with van der Waals surface area (Å²) in [6.45, 7) is 1.23. The maximum Gasteiger partial charge on any atom is 0.328 e. The van der Waals surface area contributed by atoms with Gasteiger partial charge >= 0.3 is 17.9 Å². The van der Waals surface area contributed by atoms with Crippen molar-refractivity contribution >= 4 is 23.8 Å². The number of carboxylic acid groups (broad SMARTS) is 3. The van der Waals surface area contributed by atoms with E-state index in [2.05, 4.69) is 5.32 Å². The van der Waals surface area contributed by atoms with Gasteiger partial charge in [0, 0.05) is 24.1 Å². The molecule has 0 bridgehead atoms. The average molecular weight is 273 g/mol. The van der Waals surface area contributed by atoms with Gasteiger partial charge in [-0.25, -0.2) is 4.79 Å². The molecule has 1 amide bonds. The van der Waals surface area contributed by atoms with E-state index in [0.717, 1.165) is 6.08 Å². The average Bonchev–Trinajstić information content (AvgIpc) is 2.21. The molecule has 0 fully saturated rings. The van der Waals surface area contributed by atoms with E-state index in [1.807, 2.05) is 0 Å². The summed E-state index contributed by atoms with van der Waals surface area (Å²) in [4.78, 5) is 42.7. The van der Waals surface area contributed by atoms with Crippen LogP contribution in [0.15, 0.2) is 12.2 Å². The van der Waals surface area contributed by atoms with Gasteiger partial charge in [-0.15, -0.1) is 0 Å². The first-order valence-electron chi connectivity index (χ1n) is 5.27. The Hall–Kier alpha value is -2.38. The highest BCUT2D eigenvalue weighted by molar-refractivity contribution is 5.93. The molecular formula is C11H15NO7. The van der Waals surface area contributed by atoms with Crippen LogP contribution in [-0.4, -0.2) is 45.7 Å². The summed E-state index contributed by atoms with van der Waals surface area (Å²) < 4.78 is 0. The molecule has 4 N–H and O–H groups in total. The summed E-state index contributed by atoms with van der Waals surface area (Å²) in [7, 11) is 0. The minimum atomic E-state index is -1.30. The third-order valence-electron chi connectivity index (χ3n) is 2.22. The molecule has 0 aromatic rings. The van der Waals surface area contributed by atoms with Crippen molar-refractivity contribution in [3.8, 4) is 0 Å². The van der Waals surface area contributed by atoms with Crippen LogP contribution in [0.1, 0.15) is 19.8 Å². The third-order valence-corrected chi connectivity index (χ3v) is 2.22. The van der Waals surface area contributed by atoms with E-state index in [9.17, 15) is 19.2 Å². The fourth-order valence-electron chi connectivity index (χ4n) is 1.42. The molecule has 0 spiro atoms. The molecule has 19 heavy (non-hydrogen) atoms. The number of aliphatic carboxylic acids is 3. The molecule has 0 saturated carbocycles. The summed E-state index contributed by atoms with van der Waals surface area (Å²) >= 11 is 0. The number of nitrogens with one attached hydrogen (secondary N) is 1. The highest BCUT2D eigenvalue weighted by Gasteiger charge is 2.30. The first kappa shape index (κ1) is 16.6. The Morgan fingerprint density at radius 1 is 1.00 bits per heavy atom. The molecular weight excluding hydrogens is 258 g/mol. The van der Waals surface area contributed by atoms with E-state index in [1.54, 1.807) is 0 Å². The van der Waals surface area contributed by atoms with Gasteiger partial charge in [-0.3, -0.25) is 14.4 Å². The number of amides is 1. The summed E-state index contributed by atoms with van der Waals surface area (Å²) in [5.41, 5.74) is -1.15. The molecule has 106 valence electrons. The zero-order valence-corrected chi connectivity index (χ0v) is 10.3. The molecule has 0 radical (unpaired) electrons. The van der Waals surface area contributed by atoms with Crippen LogP contribution >= 0.6 is 0 Å². The number of carboxylic acids is 3. The molecule has 0 aliphatic rings. The van der Waals surface area contributed by atoms with E-state index in [4.69, 9.17) is 15.3 Å². The lowest BCUT2D eigenvalue weighted by atomic mass is 9.83. The lowest BCUT2D eigenvalue weighted by Gasteiger charge is -2.25. The van der Waals surface area contributed by atoms with Gasteiger partial charge in [0.2, 0.25) is 5.91 Å². The van der Waals surface area contributed by atoms with Crippen molar-refractivity contribution in [2.24, 2.45) is 5.41 Å². The van der Waals surface area contributed by atoms with Crippen LogP contribution in [0, 0.1) is 5.41 Å². The summed E-state index contributed by atoms with van der Waals surface area (Å²) in [6.07, 6.45) is 0.538. The SMILES string of the molecule is CC(CNC(=O)C=CC(=O)O)(CC(=O)O)CC(=O)O. The number of carbonyl (C=O) groups is 4. The second-order valence-electron chi connectivity index (χ2n) is 4.34. The van der Waals surface area contributed by atoms with Gasteiger partial charge in [-0.1, -0.05) is 6.92 Å². The molecule has 0 aromatic heterocycles. The van der Waals surface area contributed by atoms with Gasteiger partial charge in [0.05, 0.1) is 12.8 Å². The zero-order valence-electron chi connectivity index (χ0n) is 10.3. The summed E-state index contributed by atoms with van der Waals surface area (Å²) in [5, 5.41) is 28.0. The molecule has 0 aliphatic heterocycles. The number of carbonyl (C=O) groups excluding carboxylic acids is 1. The summed E-state index contributed by atoms with van der Waals surface area (Å²) in [6, 6.07) is 0. The zero-order chi connectivity index (χ0) is 15.1. The second kappa shape index (κ2) is 7.14. The molecule has 0 unspecified atom stereocenters. The van der Waals surface area contributed by atoms with Crippen molar-refractivity contribution in [3.05, 3.63) is 12.2 Å². The fraction of sp³-hybridized carbons (Fsp3) is 0.455. The lowest BCUT2D eigenvalue weighted by Crippen LogP contribution is -2.38. The minimum Gasteiger partial charge on any atom is -0.481 e. The normalized spacial score (nSPS) is 11.2. The van der Waals surface area contributed by atoms with Crippen molar-refractivity contribution in [1.29, 1.82) is 0 Å². The first-order valence-corrected chi connectivity index (χ1v) is 5.27. The Labute approximate surface area is 108 Å². The quantitative estimate of drug-likeness (QED) is 0.445. The maximum atomic E-state index is 11.2. The van der Waals surface area contributed by atoms with Crippen molar-refractivity contribution in [3.63, 3.8) is 0 Å². The number of hydrogen-bond acceptors (Lipinski definition) is 4. The Balaban J connectivity index is 4.57. The predicted octanol–water partition coefficient (Wildman–Crippen LogP) is -0.301. The van der Waals surface area contributed by atoms with Gasteiger partial charge in [0.15, 0.2) is 0 Å². The fourth-order valence-corrected chi connectivity index (χ4v) is 1.42. The summed E-state index contributed by atoms with van der Waals surface area (Å²) in [5.74, 6) is -4.39. The Kier molecular flexibility index (Phi) is 6.25. The molecule has 0 rings (SSSR count). The maximum absolute atomic E-state index is 11.2. The van der Waals surface area contributed by atoms with Crippen LogP contribution in [-0.2, 0) is 19.2 Å². The monoisotopic (exact) mass is 273 g/mol. The van der Waals surface area contributed by atoms with Gasteiger partial charge < -0.3 is 20.6 Å². The van der Waals surface area contributed by atoms with Crippen LogP contribution in [0.3, 0.4) is 0 Å². The standard InChI is InChI=1S/C11H15NO7/c1-11(4-9(16)17,5-10(18)19)6-12-7(13)2-3-8(14)15/h2-3H,4-6H2,1H3,(H,12,13)(H,14,15)(H,16,17)(H,18,19). The molecule has 0 aromatic carbocycles. The van der Waals surface area contributed by atoms with Crippen LogP contribution in [0.5, 0.6) is 0 Å². The molecule has 0 saturated heterocycles. The van der Waals surface area contributed by atoms with Crippen LogP contribution < -0.4 is 5.32 Å². The van der Waals surface area contributed by atoms with Crippen LogP contribution in [0.25, 0.3) is 0 Å². The molecule has 0 atom stereocenters. The highest BCUT2D eigenvalue weighted by atomic mass is 16.4. The molecule has 0 heterocycles. The number of rotatable bonds is 8. The predicted molar refractivity (Wildman–Crippen MR) is 62.4 cm³/mol. The number of hydrogen-bond donors (Lipinski definition) is 4. The molecule has 0 aliphatic carbocycles. The minimum absolute atomic E-state index is 0.186. The highest BCUT2D eigenvalue weighted by Crippen LogP contribution is 2.25. The van der Waals surface area contributed by atoms with Gasteiger partial charge in [0.1, 0.15) is 0 Å². The Morgan fingerprint density at radius 2 is 1.47 bits per heavy atom. The topological polar surface area (TPSA) is 141 Å². The molecule has 8 heteroatoms. The molecule has 8 nitrogen and oxygen atoms in total.